The Kier molecular flexibility index (Phi) is 6.35. The van der Waals surface area contributed by atoms with Crippen molar-refractivity contribution >= 4 is 38.2 Å². The first-order valence-electron chi connectivity index (χ1n) is 10.8. The van der Waals surface area contributed by atoms with E-state index in [2.05, 4.69) is 4.72 Å². The Bertz CT molecular complexity index is 1570. The standard InChI is InChI=1S/C28H21NO4S2/c30-28-25-14-8-7-13-24(25)26(19-27(28)34-22-11-5-2-6-12-22)29-35(31,32)23-17-15-21(16-18-23)33-20-9-3-1-4-10-20/h1-19,29-30H. The minimum atomic E-state index is -3.89. The van der Waals surface area contributed by atoms with Gasteiger partial charge in [0.05, 0.1) is 15.5 Å². The van der Waals surface area contributed by atoms with Crippen molar-refractivity contribution in [1.82, 2.24) is 0 Å². The average molecular weight is 500 g/mol. The third-order valence-corrected chi connectivity index (χ3v) is 7.73. The number of benzene rings is 5. The number of anilines is 1. The number of phenols is 1. The summed E-state index contributed by atoms with van der Waals surface area (Å²) in [6.07, 6.45) is 0. The number of para-hydroxylation sites is 1. The molecule has 5 aromatic carbocycles. The third-order valence-electron chi connectivity index (χ3n) is 5.31. The van der Waals surface area contributed by atoms with Gasteiger partial charge in [0.25, 0.3) is 10.0 Å². The largest absolute Gasteiger partial charge is 0.506 e. The first-order valence-corrected chi connectivity index (χ1v) is 13.1. The second-order valence-corrected chi connectivity index (χ2v) is 10.5. The second-order valence-electron chi connectivity index (χ2n) is 7.72. The van der Waals surface area contributed by atoms with Crippen LogP contribution in [0.5, 0.6) is 17.2 Å². The number of rotatable bonds is 7. The number of aromatic hydroxyl groups is 1. The van der Waals surface area contributed by atoms with Crippen LogP contribution in [0, 0.1) is 0 Å². The van der Waals surface area contributed by atoms with Gasteiger partial charge in [0.15, 0.2) is 0 Å². The SMILES string of the molecule is O=S(=O)(Nc1cc(Sc2ccccc2)c(O)c2ccccc12)c1ccc(Oc2ccccc2)cc1. The summed E-state index contributed by atoms with van der Waals surface area (Å²) >= 11 is 1.37. The molecule has 0 saturated carbocycles. The maximum atomic E-state index is 13.2. The van der Waals surface area contributed by atoms with Crippen molar-refractivity contribution in [2.45, 2.75) is 14.7 Å². The van der Waals surface area contributed by atoms with Gasteiger partial charge in [0.1, 0.15) is 17.2 Å². The molecular formula is C28H21NO4S2. The van der Waals surface area contributed by atoms with E-state index in [1.165, 1.54) is 23.9 Å². The molecule has 5 nitrogen and oxygen atoms in total. The zero-order valence-electron chi connectivity index (χ0n) is 18.5. The summed E-state index contributed by atoms with van der Waals surface area (Å²) in [4.78, 5) is 1.59. The predicted octanol–water partition coefficient (Wildman–Crippen LogP) is 7.29. The van der Waals surface area contributed by atoms with Crippen LogP contribution < -0.4 is 9.46 Å². The summed E-state index contributed by atoms with van der Waals surface area (Å²) in [6, 6.07) is 34.0. The molecule has 0 spiro atoms. The number of fused-ring (bicyclic) bond motifs is 1. The van der Waals surface area contributed by atoms with Gasteiger partial charge >= 0.3 is 0 Å². The lowest BCUT2D eigenvalue weighted by Gasteiger charge is -2.15. The van der Waals surface area contributed by atoms with E-state index in [1.54, 1.807) is 36.4 Å². The molecule has 0 atom stereocenters. The summed E-state index contributed by atoms with van der Waals surface area (Å²) in [6.45, 7) is 0. The van der Waals surface area contributed by atoms with Gasteiger partial charge < -0.3 is 9.84 Å². The van der Waals surface area contributed by atoms with Gasteiger partial charge in [-0.3, -0.25) is 4.72 Å². The Balaban J connectivity index is 1.46. The van der Waals surface area contributed by atoms with E-state index in [9.17, 15) is 13.5 Å². The molecule has 0 saturated heterocycles. The molecule has 2 N–H and O–H groups in total. The Hall–Kier alpha value is -3.94. The minimum absolute atomic E-state index is 0.104. The van der Waals surface area contributed by atoms with Crippen LogP contribution >= 0.6 is 11.8 Å². The number of phenolic OH excluding ortho intramolecular Hbond substituents is 1. The molecule has 7 heteroatoms. The van der Waals surface area contributed by atoms with Gasteiger partial charge in [-0.1, -0.05) is 72.4 Å². The first kappa shape index (κ1) is 22.8. The summed E-state index contributed by atoms with van der Waals surface area (Å²) in [5, 5.41) is 12.1. The molecule has 5 rings (SSSR count). The number of sulfonamides is 1. The molecular weight excluding hydrogens is 478 g/mol. The fraction of sp³-hybridized carbons (Fsp3) is 0. The van der Waals surface area contributed by atoms with Crippen LogP contribution in [0.4, 0.5) is 5.69 Å². The minimum Gasteiger partial charge on any atom is -0.506 e. The monoisotopic (exact) mass is 499 g/mol. The lowest BCUT2D eigenvalue weighted by molar-refractivity contribution is 0.469. The molecule has 0 amide bonds. The van der Waals surface area contributed by atoms with Gasteiger partial charge in [-0.15, -0.1) is 0 Å². The number of ether oxygens (including phenoxy) is 1. The lowest BCUT2D eigenvalue weighted by Crippen LogP contribution is -2.13. The van der Waals surface area contributed by atoms with Gasteiger partial charge in [0, 0.05) is 15.7 Å². The summed E-state index contributed by atoms with van der Waals surface area (Å²) in [5.41, 5.74) is 0.390. The summed E-state index contributed by atoms with van der Waals surface area (Å²) in [7, 11) is -3.89. The molecule has 35 heavy (non-hydrogen) atoms. The van der Waals surface area contributed by atoms with Gasteiger partial charge in [-0.05, 0) is 54.6 Å². The van der Waals surface area contributed by atoms with Gasteiger partial charge in [-0.2, -0.15) is 0 Å². The highest BCUT2D eigenvalue weighted by atomic mass is 32.2. The number of hydrogen-bond acceptors (Lipinski definition) is 5. The van der Waals surface area contributed by atoms with Crippen LogP contribution in [0.15, 0.2) is 130 Å². The van der Waals surface area contributed by atoms with E-state index in [1.807, 2.05) is 66.7 Å². The Morgan fingerprint density at radius 2 is 1.26 bits per heavy atom. The summed E-state index contributed by atoms with van der Waals surface area (Å²) in [5.74, 6) is 1.31. The first-order chi connectivity index (χ1) is 17.0. The number of hydrogen-bond donors (Lipinski definition) is 2. The fourth-order valence-electron chi connectivity index (χ4n) is 3.63. The predicted molar refractivity (Wildman–Crippen MR) is 140 cm³/mol. The van der Waals surface area contributed by atoms with Crippen molar-refractivity contribution in [3.8, 4) is 17.2 Å². The maximum Gasteiger partial charge on any atom is 0.261 e. The fourth-order valence-corrected chi connectivity index (χ4v) is 5.63. The molecule has 174 valence electrons. The Morgan fingerprint density at radius 1 is 0.686 bits per heavy atom. The zero-order chi connectivity index (χ0) is 24.3. The third kappa shape index (κ3) is 5.11. The second kappa shape index (κ2) is 9.74. The molecule has 0 aliphatic rings. The lowest BCUT2D eigenvalue weighted by atomic mass is 10.1. The molecule has 0 fully saturated rings. The van der Waals surface area contributed by atoms with E-state index >= 15 is 0 Å². The molecule has 0 unspecified atom stereocenters. The van der Waals surface area contributed by atoms with Crippen LogP contribution in [0.3, 0.4) is 0 Å². The van der Waals surface area contributed by atoms with E-state index in [-0.39, 0.29) is 10.6 Å². The average Bonchev–Trinajstić information content (AvgIpc) is 2.88. The molecule has 0 aliphatic heterocycles. The zero-order valence-corrected chi connectivity index (χ0v) is 20.1. The van der Waals surface area contributed by atoms with Gasteiger partial charge in [-0.25, -0.2) is 8.42 Å². The highest BCUT2D eigenvalue weighted by Gasteiger charge is 2.19. The topological polar surface area (TPSA) is 75.6 Å². The number of nitrogens with one attached hydrogen (secondary N) is 1. The Morgan fingerprint density at radius 3 is 1.94 bits per heavy atom. The van der Waals surface area contributed by atoms with Crippen molar-refractivity contribution in [3.05, 3.63) is 115 Å². The normalized spacial score (nSPS) is 11.3. The van der Waals surface area contributed by atoms with Crippen molar-refractivity contribution in [1.29, 1.82) is 0 Å². The van der Waals surface area contributed by atoms with Crippen LogP contribution in [0.25, 0.3) is 10.8 Å². The van der Waals surface area contributed by atoms with Crippen molar-refractivity contribution in [3.63, 3.8) is 0 Å². The molecule has 0 bridgehead atoms. The molecule has 0 aromatic heterocycles. The van der Waals surface area contributed by atoms with E-state index in [0.29, 0.717) is 32.9 Å². The Labute approximate surface area is 208 Å². The van der Waals surface area contributed by atoms with E-state index in [4.69, 9.17) is 4.74 Å². The molecule has 0 aliphatic carbocycles. The highest BCUT2D eigenvalue weighted by molar-refractivity contribution is 7.99. The summed E-state index contributed by atoms with van der Waals surface area (Å²) < 4.78 is 35.0. The van der Waals surface area contributed by atoms with Crippen molar-refractivity contribution in [2.24, 2.45) is 0 Å². The smallest absolute Gasteiger partial charge is 0.261 e. The quantitative estimate of drug-likeness (QED) is 0.230. The van der Waals surface area contributed by atoms with Crippen LogP contribution in [0.1, 0.15) is 0 Å². The molecule has 0 radical (unpaired) electrons. The highest BCUT2D eigenvalue weighted by Crippen LogP contribution is 2.43. The van der Waals surface area contributed by atoms with Gasteiger partial charge in [0.2, 0.25) is 0 Å². The van der Waals surface area contributed by atoms with Crippen LogP contribution in [-0.4, -0.2) is 13.5 Å². The van der Waals surface area contributed by atoms with Crippen molar-refractivity contribution < 1.29 is 18.3 Å². The van der Waals surface area contributed by atoms with E-state index < -0.39 is 10.0 Å². The van der Waals surface area contributed by atoms with Crippen LogP contribution in [0.2, 0.25) is 0 Å². The van der Waals surface area contributed by atoms with Crippen molar-refractivity contribution in [2.75, 3.05) is 4.72 Å². The molecule has 5 aromatic rings. The van der Waals surface area contributed by atoms with E-state index in [0.717, 1.165) is 4.90 Å². The maximum absolute atomic E-state index is 13.2. The molecule has 0 heterocycles. The van der Waals surface area contributed by atoms with Crippen LogP contribution in [-0.2, 0) is 10.0 Å².